The number of aliphatic hydroxyl groups excluding tert-OH is 1. The number of benzene rings is 2. The Balaban J connectivity index is 1.57. The van der Waals surface area contributed by atoms with Gasteiger partial charge in [0.25, 0.3) is 0 Å². The zero-order valence-electron chi connectivity index (χ0n) is 18.0. The first-order chi connectivity index (χ1) is 15.4. The SMILES string of the molecule is Cc1[nH]c2ccccc2c1CCNCc1ccc(/C=C(/OC(=O)C(C)O)C(=O)NO)cc1. The lowest BCUT2D eigenvalue weighted by atomic mass is 10.1. The van der Waals surface area contributed by atoms with Crippen LogP contribution in [0.1, 0.15) is 29.3 Å². The van der Waals surface area contributed by atoms with Gasteiger partial charge in [-0.1, -0.05) is 42.5 Å². The number of hydrogen-bond acceptors (Lipinski definition) is 6. The van der Waals surface area contributed by atoms with E-state index in [0.717, 1.165) is 24.0 Å². The van der Waals surface area contributed by atoms with Gasteiger partial charge in [-0.3, -0.25) is 10.0 Å². The minimum atomic E-state index is -1.40. The predicted octanol–water partition coefficient (Wildman–Crippen LogP) is 2.58. The number of esters is 1. The Morgan fingerprint density at radius 3 is 2.56 bits per heavy atom. The second-order valence-corrected chi connectivity index (χ2v) is 7.49. The van der Waals surface area contributed by atoms with Crippen LogP contribution < -0.4 is 10.8 Å². The van der Waals surface area contributed by atoms with Crippen LogP contribution in [0, 0.1) is 6.92 Å². The summed E-state index contributed by atoms with van der Waals surface area (Å²) in [5.41, 5.74) is 6.72. The molecule has 8 heteroatoms. The molecule has 1 atom stereocenters. The van der Waals surface area contributed by atoms with Gasteiger partial charge in [0.1, 0.15) is 6.10 Å². The van der Waals surface area contributed by atoms with Crippen molar-refractivity contribution in [3.8, 4) is 0 Å². The highest BCUT2D eigenvalue weighted by Gasteiger charge is 2.18. The summed E-state index contributed by atoms with van der Waals surface area (Å²) in [6.07, 6.45) is 0.819. The fourth-order valence-corrected chi connectivity index (χ4v) is 3.38. The molecule has 3 rings (SSSR count). The summed E-state index contributed by atoms with van der Waals surface area (Å²) in [7, 11) is 0. The number of carbonyl (C=O) groups excluding carboxylic acids is 2. The number of hydroxylamine groups is 1. The lowest BCUT2D eigenvalue weighted by molar-refractivity contribution is -0.151. The Labute approximate surface area is 185 Å². The van der Waals surface area contributed by atoms with Gasteiger partial charge in [-0.25, -0.2) is 10.3 Å². The molecule has 1 heterocycles. The fourth-order valence-electron chi connectivity index (χ4n) is 3.38. The molecule has 0 bridgehead atoms. The highest BCUT2D eigenvalue weighted by atomic mass is 16.6. The van der Waals surface area contributed by atoms with E-state index in [-0.39, 0.29) is 0 Å². The summed E-state index contributed by atoms with van der Waals surface area (Å²) in [5.74, 6) is -2.40. The summed E-state index contributed by atoms with van der Waals surface area (Å²) in [6, 6.07) is 15.6. The second kappa shape index (κ2) is 10.7. The number of nitrogens with one attached hydrogen (secondary N) is 3. The molecular formula is C24H27N3O5. The molecule has 1 aromatic heterocycles. The van der Waals surface area contributed by atoms with Crippen molar-refractivity contribution < 1.29 is 24.6 Å². The molecule has 0 spiro atoms. The van der Waals surface area contributed by atoms with E-state index >= 15 is 0 Å². The van der Waals surface area contributed by atoms with Gasteiger partial charge in [-0.2, -0.15) is 0 Å². The molecule has 0 aliphatic carbocycles. The maximum atomic E-state index is 11.7. The molecule has 0 fully saturated rings. The molecule has 0 saturated heterocycles. The number of aryl methyl sites for hydroxylation is 1. The van der Waals surface area contributed by atoms with E-state index in [1.807, 2.05) is 24.3 Å². The van der Waals surface area contributed by atoms with Crippen LogP contribution in [0.4, 0.5) is 0 Å². The first-order valence-electron chi connectivity index (χ1n) is 10.3. The van der Waals surface area contributed by atoms with Crippen molar-refractivity contribution >= 4 is 28.9 Å². The molecule has 0 aliphatic rings. The smallest absolute Gasteiger partial charge is 0.340 e. The minimum absolute atomic E-state index is 0.418. The average molecular weight is 437 g/mol. The fraction of sp³-hybridized carbons (Fsp3) is 0.250. The maximum Gasteiger partial charge on any atom is 0.340 e. The van der Waals surface area contributed by atoms with Gasteiger partial charge in [0.05, 0.1) is 0 Å². The topological polar surface area (TPSA) is 124 Å². The van der Waals surface area contributed by atoms with Crippen molar-refractivity contribution in [2.45, 2.75) is 32.9 Å². The third-order valence-electron chi connectivity index (χ3n) is 5.06. The van der Waals surface area contributed by atoms with Crippen LogP contribution in [0.25, 0.3) is 17.0 Å². The number of aromatic nitrogens is 1. The monoisotopic (exact) mass is 437 g/mol. The molecule has 1 amide bonds. The number of rotatable bonds is 9. The third kappa shape index (κ3) is 5.82. The van der Waals surface area contributed by atoms with Crippen molar-refractivity contribution in [2.75, 3.05) is 6.54 Å². The zero-order valence-corrected chi connectivity index (χ0v) is 18.0. The van der Waals surface area contributed by atoms with Crippen molar-refractivity contribution in [3.05, 3.63) is 76.7 Å². The van der Waals surface area contributed by atoms with E-state index in [2.05, 4.69) is 29.4 Å². The summed E-state index contributed by atoms with van der Waals surface area (Å²) in [4.78, 5) is 26.7. The van der Waals surface area contributed by atoms with Crippen molar-refractivity contribution in [2.24, 2.45) is 0 Å². The summed E-state index contributed by atoms with van der Waals surface area (Å²) >= 11 is 0. The number of hydrogen-bond donors (Lipinski definition) is 5. The van der Waals surface area contributed by atoms with Crippen LogP contribution >= 0.6 is 0 Å². The number of aromatic amines is 1. The highest BCUT2D eigenvalue weighted by Crippen LogP contribution is 2.22. The number of ether oxygens (including phenoxy) is 1. The molecule has 5 N–H and O–H groups in total. The van der Waals surface area contributed by atoms with Crippen LogP contribution in [0.5, 0.6) is 0 Å². The first-order valence-corrected chi connectivity index (χ1v) is 10.3. The largest absolute Gasteiger partial charge is 0.419 e. The Kier molecular flexibility index (Phi) is 7.77. The van der Waals surface area contributed by atoms with Crippen molar-refractivity contribution in [3.63, 3.8) is 0 Å². The zero-order chi connectivity index (χ0) is 23.1. The van der Waals surface area contributed by atoms with E-state index in [1.165, 1.54) is 35.1 Å². The summed E-state index contributed by atoms with van der Waals surface area (Å²) in [5, 5.41) is 22.8. The normalized spacial score (nSPS) is 12.6. The first kappa shape index (κ1) is 23.2. The molecular weight excluding hydrogens is 410 g/mol. The van der Waals surface area contributed by atoms with Gasteiger partial charge in [-0.05, 0) is 55.6 Å². The van der Waals surface area contributed by atoms with Gasteiger partial charge in [0.15, 0.2) is 5.76 Å². The van der Waals surface area contributed by atoms with E-state index in [0.29, 0.717) is 12.1 Å². The van der Waals surface area contributed by atoms with Crippen LogP contribution in [-0.2, 0) is 27.3 Å². The van der Waals surface area contributed by atoms with Crippen LogP contribution in [0.15, 0.2) is 54.3 Å². The Hall–Kier alpha value is -3.46. The number of amides is 1. The summed E-state index contributed by atoms with van der Waals surface area (Å²) < 4.78 is 4.84. The number of carbonyl (C=O) groups is 2. The maximum absolute atomic E-state index is 11.7. The number of fused-ring (bicyclic) bond motifs is 1. The molecule has 0 radical (unpaired) electrons. The standard InChI is InChI=1S/C24H27N3O5/c1-15-19(20-5-3-4-6-21(20)26-15)11-12-25-14-18-9-7-17(8-10-18)13-22(23(29)27-31)32-24(30)16(2)28/h3-10,13,16,25-26,28,31H,11-12,14H2,1-2H3,(H,27,29)/b22-13+. The minimum Gasteiger partial charge on any atom is -0.419 e. The lowest BCUT2D eigenvalue weighted by Crippen LogP contribution is -2.27. The molecule has 32 heavy (non-hydrogen) atoms. The van der Waals surface area contributed by atoms with Crippen LogP contribution in [-0.4, -0.2) is 39.8 Å². The third-order valence-corrected chi connectivity index (χ3v) is 5.06. The predicted molar refractivity (Wildman–Crippen MR) is 121 cm³/mol. The number of aliphatic hydroxyl groups is 1. The molecule has 8 nitrogen and oxygen atoms in total. The average Bonchev–Trinajstić information content (AvgIpc) is 3.11. The molecule has 0 saturated carbocycles. The van der Waals surface area contributed by atoms with Crippen LogP contribution in [0.2, 0.25) is 0 Å². The lowest BCUT2D eigenvalue weighted by Gasteiger charge is -2.09. The number of para-hydroxylation sites is 1. The molecule has 2 aromatic carbocycles. The van der Waals surface area contributed by atoms with Gasteiger partial charge in [0.2, 0.25) is 0 Å². The van der Waals surface area contributed by atoms with Crippen molar-refractivity contribution in [1.82, 2.24) is 15.8 Å². The molecule has 0 aliphatic heterocycles. The number of H-pyrrole nitrogens is 1. The second-order valence-electron chi connectivity index (χ2n) is 7.49. The van der Waals surface area contributed by atoms with E-state index < -0.39 is 23.7 Å². The molecule has 3 aromatic rings. The van der Waals surface area contributed by atoms with E-state index in [1.54, 1.807) is 12.1 Å². The molecule has 1 unspecified atom stereocenters. The quantitative estimate of drug-likeness (QED) is 0.0876. The Morgan fingerprint density at radius 1 is 1.16 bits per heavy atom. The summed E-state index contributed by atoms with van der Waals surface area (Å²) in [6.45, 7) is 4.80. The van der Waals surface area contributed by atoms with Gasteiger partial charge in [0, 0.05) is 23.1 Å². The Morgan fingerprint density at radius 2 is 1.88 bits per heavy atom. The highest BCUT2D eigenvalue weighted by molar-refractivity contribution is 5.97. The van der Waals surface area contributed by atoms with E-state index in [9.17, 15) is 14.7 Å². The van der Waals surface area contributed by atoms with E-state index in [4.69, 9.17) is 9.94 Å². The van der Waals surface area contributed by atoms with Gasteiger partial charge < -0.3 is 20.1 Å². The van der Waals surface area contributed by atoms with Gasteiger partial charge in [-0.15, -0.1) is 0 Å². The molecule has 168 valence electrons. The Bertz CT molecular complexity index is 1120. The van der Waals surface area contributed by atoms with Gasteiger partial charge >= 0.3 is 11.9 Å². The van der Waals surface area contributed by atoms with Crippen LogP contribution in [0.3, 0.4) is 0 Å². The van der Waals surface area contributed by atoms with Crippen molar-refractivity contribution in [1.29, 1.82) is 0 Å².